The van der Waals surface area contributed by atoms with Gasteiger partial charge in [0.05, 0.1) is 25.1 Å². The van der Waals surface area contributed by atoms with Crippen LogP contribution in [-0.2, 0) is 4.74 Å². The molecule has 32 heavy (non-hydrogen) atoms. The number of nitrogens with zero attached hydrogens (tertiary/aromatic N) is 4. The zero-order valence-corrected chi connectivity index (χ0v) is 19.3. The Bertz CT molecular complexity index is 1040. The molecule has 1 aliphatic heterocycles. The quantitative estimate of drug-likeness (QED) is 0.516. The van der Waals surface area contributed by atoms with Crippen LogP contribution in [0.4, 0.5) is 5.69 Å². The molecule has 7 heteroatoms. The number of allylic oxidation sites excluding steroid dienone is 1. The first-order chi connectivity index (χ1) is 15.4. The van der Waals surface area contributed by atoms with Crippen molar-refractivity contribution in [2.45, 2.75) is 33.6 Å². The van der Waals surface area contributed by atoms with Crippen LogP contribution >= 0.6 is 0 Å². The first kappa shape index (κ1) is 23.3. The van der Waals surface area contributed by atoms with Crippen LogP contribution in [-0.4, -0.2) is 53.5 Å². The summed E-state index contributed by atoms with van der Waals surface area (Å²) in [6.45, 7) is 15.2. The number of rotatable bonds is 7. The molecule has 0 radical (unpaired) electrons. The van der Waals surface area contributed by atoms with Gasteiger partial charge in [-0.3, -0.25) is 9.79 Å². The minimum Gasteiger partial charge on any atom is -0.378 e. The van der Waals surface area contributed by atoms with Gasteiger partial charge in [-0.1, -0.05) is 26.5 Å². The zero-order valence-electron chi connectivity index (χ0n) is 19.3. The van der Waals surface area contributed by atoms with Gasteiger partial charge in [-0.25, -0.2) is 0 Å². The summed E-state index contributed by atoms with van der Waals surface area (Å²) in [6, 6.07) is 7.55. The highest BCUT2D eigenvalue weighted by Gasteiger charge is 2.15. The Kier molecular flexibility index (Phi) is 7.89. The van der Waals surface area contributed by atoms with E-state index in [0.29, 0.717) is 24.6 Å². The van der Waals surface area contributed by atoms with E-state index in [-0.39, 0.29) is 11.8 Å². The number of aryl methyl sites for hydroxylation is 1. The number of amides is 1. The van der Waals surface area contributed by atoms with Crippen molar-refractivity contribution in [3.05, 3.63) is 71.2 Å². The van der Waals surface area contributed by atoms with Crippen LogP contribution in [0.25, 0.3) is 5.70 Å². The van der Waals surface area contributed by atoms with E-state index in [1.807, 2.05) is 38.1 Å². The molecule has 1 aliphatic rings. The van der Waals surface area contributed by atoms with Gasteiger partial charge in [0.1, 0.15) is 0 Å². The summed E-state index contributed by atoms with van der Waals surface area (Å²) < 4.78 is 5.43. The molecular formula is C25H31N5O2. The number of morpholine rings is 1. The van der Waals surface area contributed by atoms with Gasteiger partial charge in [0, 0.05) is 36.3 Å². The third kappa shape index (κ3) is 5.88. The van der Waals surface area contributed by atoms with Crippen LogP contribution in [0.3, 0.4) is 0 Å². The molecule has 0 spiro atoms. The van der Waals surface area contributed by atoms with E-state index in [0.717, 1.165) is 41.2 Å². The van der Waals surface area contributed by atoms with E-state index in [9.17, 15) is 4.79 Å². The van der Waals surface area contributed by atoms with Crippen molar-refractivity contribution in [2.24, 2.45) is 4.99 Å². The minimum absolute atomic E-state index is 0.266. The summed E-state index contributed by atoms with van der Waals surface area (Å²) in [4.78, 5) is 19.5. The number of hydrogen-bond donors (Lipinski definition) is 1. The lowest BCUT2D eigenvalue weighted by atomic mass is 10.0. The number of carbonyl (C=O) groups excluding carboxylic acids is 1. The summed E-state index contributed by atoms with van der Waals surface area (Å²) in [6.07, 6.45) is 5.43. The van der Waals surface area contributed by atoms with Crippen molar-refractivity contribution in [1.29, 1.82) is 0 Å². The van der Waals surface area contributed by atoms with Gasteiger partial charge in [-0.15, -0.1) is 5.10 Å². The Hall–Kier alpha value is -3.32. The van der Waals surface area contributed by atoms with Crippen LogP contribution in [0.15, 0.2) is 53.8 Å². The van der Waals surface area contributed by atoms with Crippen LogP contribution in [0.1, 0.15) is 53.9 Å². The molecule has 0 aliphatic carbocycles. The smallest absolute Gasteiger partial charge is 0.276 e. The molecule has 7 nitrogen and oxygen atoms in total. The van der Waals surface area contributed by atoms with Gasteiger partial charge in [-0.2, -0.15) is 5.10 Å². The fraction of sp³-hybridized carbons (Fsp3) is 0.360. The normalized spacial score (nSPS) is 14.8. The summed E-state index contributed by atoms with van der Waals surface area (Å²) in [5, 5.41) is 10.9. The second-order valence-electron chi connectivity index (χ2n) is 8.02. The van der Waals surface area contributed by atoms with Gasteiger partial charge in [-0.05, 0) is 55.2 Å². The molecular weight excluding hydrogens is 402 g/mol. The molecule has 0 bridgehead atoms. The molecule has 0 atom stereocenters. The van der Waals surface area contributed by atoms with E-state index in [4.69, 9.17) is 4.74 Å². The Morgan fingerprint density at radius 2 is 2.03 bits per heavy atom. The van der Waals surface area contributed by atoms with Gasteiger partial charge in [0.25, 0.3) is 5.91 Å². The van der Waals surface area contributed by atoms with Crippen LogP contribution in [0, 0.1) is 6.92 Å². The lowest BCUT2D eigenvalue weighted by molar-refractivity contribution is 0.0556. The first-order valence-corrected chi connectivity index (χ1v) is 10.9. The molecule has 0 saturated carbocycles. The van der Waals surface area contributed by atoms with Gasteiger partial charge in [0.15, 0.2) is 5.69 Å². The second-order valence-corrected chi connectivity index (χ2v) is 8.02. The average molecular weight is 434 g/mol. The number of aliphatic imine (C=N–C) groups is 1. The molecule has 1 saturated heterocycles. The lowest BCUT2D eigenvalue weighted by Gasteiger charge is -2.29. The molecule has 2 aromatic rings. The van der Waals surface area contributed by atoms with Crippen LogP contribution < -0.4 is 5.32 Å². The molecule has 1 aromatic heterocycles. The van der Waals surface area contributed by atoms with Crippen molar-refractivity contribution >= 4 is 23.5 Å². The first-order valence-electron chi connectivity index (χ1n) is 10.9. The molecule has 0 unspecified atom stereocenters. The molecule has 168 valence electrons. The summed E-state index contributed by atoms with van der Waals surface area (Å²) in [5.74, 6) is -0.0285. The largest absolute Gasteiger partial charge is 0.378 e. The Morgan fingerprint density at radius 1 is 1.28 bits per heavy atom. The third-order valence-corrected chi connectivity index (χ3v) is 5.34. The zero-order chi connectivity index (χ0) is 23.1. The fourth-order valence-corrected chi connectivity index (χ4v) is 3.40. The standard InChI is InChI=1S/C25H31N5O2/c1-6-26-23(13-19(5)30-9-11-32-12-10-30)22-15-21(8-7-18(22)4)28-25(31)24-14-20(17(2)3)16-27-29-24/h6-8,13-17H,5,9-12H2,1-4H3,(H,28,31)/b23-13-,26-6?. The monoisotopic (exact) mass is 433 g/mol. The maximum absolute atomic E-state index is 12.8. The Balaban J connectivity index is 1.86. The van der Waals surface area contributed by atoms with Crippen molar-refractivity contribution in [1.82, 2.24) is 15.1 Å². The number of anilines is 1. The van der Waals surface area contributed by atoms with Gasteiger partial charge in [0.2, 0.25) is 0 Å². The average Bonchev–Trinajstić information content (AvgIpc) is 2.80. The number of carbonyl (C=O) groups is 1. The third-order valence-electron chi connectivity index (χ3n) is 5.34. The molecule has 1 aromatic carbocycles. The topological polar surface area (TPSA) is 79.7 Å². The van der Waals surface area contributed by atoms with Crippen LogP contribution in [0.2, 0.25) is 0 Å². The predicted molar refractivity (Wildman–Crippen MR) is 129 cm³/mol. The van der Waals surface area contributed by atoms with E-state index < -0.39 is 0 Å². The van der Waals surface area contributed by atoms with Crippen LogP contribution in [0.5, 0.6) is 0 Å². The number of aromatic nitrogens is 2. The number of ether oxygens (including phenoxy) is 1. The van der Waals surface area contributed by atoms with Crippen molar-refractivity contribution in [3.63, 3.8) is 0 Å². The van der Waals surface area contributed by atoms with Crippen molar-refractivity contribution in [2.75, 3.05) is 31.6 Å². The summed E-state index contributed by atoms with van der Waals surface area (Å²) in [7, 11) is 0. The highest BCUT2D eigenvalue weighted by molar-refractivity contribution is 6.03. The summed E-state index contributed by atoms with van der Waals surface area (Å²) >= 11 is 0. The maximum atomic E-state index is 12.8. The fourth-order valence-electron chi connectivity index (χ4n) is 3.40. The lowest BCUT2D eigenvalue weighted by Crippen LogP contribution is -2.34. The van der Waals surface area contributed by atoms with E-state index in [1.54, 1.807) is 18.5 Å². The van der Waals surface area contributed by atoms with E-state index in [1.165, 1.54) is 0 Å². The van der Waals surface area contributed by atoms with Gasteiger partial charge >= 0.3 is 0 Å². The SMILES string of the molecule is C=C(/C=C(\N=CC)c1cc(NC(=O)c2cc(C(C)C)cnn2)ccc1C)N1CCOCC1. The minimum atomic E-state index is -0.294. The Labute approximate surface area is 189 Å². The number of nitrogens with one attached hydrogen (secondary N) is 1. The summed E-state index contributed by atoms with van der Waals surface area (Å²) in [5.41, 5.74) is 5.60. The van der Waals surface area contributed by atoms with Crippen molar-refractivity contribution in [3.8, 4) is 0 Å². The highest BCUT2D eigenvalue weighted by atomic mass is 16.5. The molecule has 1 fully saturated rings. The number of benzene rings is 1. The molecule has 1 amide bonds. The molecule has 1 N–H and O–H groups in total. The molecule has 3 rings (SSSR count). The predicted octanol–water partition coefficient (Wildman–Crippen LogP) is 4.44. The van der Waals surface area contributed by atoms with E-state index in [2.05, 4.69) is 45.8 Å². The highest BCUT2D eigenvalue weighted by Crippen LogP contribution is 2.26. The van der Waals surface area contributed by atoms with Crippen molar-refractivity contribution < 1.29 is 9.53 Å². The maximum Gasteiger partial charge on any atom is 0.276 e. The van der Waals surface area contributed by atoms with E-state index >= 15 is 0 Å². The molecule has 2 heterocycles. The Morgan fingerprint density at radius 3 is 2.72 bits per heavy atom. The van der Waals surface area contributed by atoms with Gasteiger partial charge < -0.3 is 15.0 Å². The second kappa shape index (κ2) is 10.8. The number of hydrogen-bond acceptors (Lipinski definition) is 6.